The molecule has 0 bridgehead atoms. The van der Waals surface area contributed by atoms with Crippen LogP contribution in [0.25, 0.3) is 10.9 Å². The SMILES string of the molecule is CCOC(=O)C(O)C1(CO)CCC(c2ccnc3ccc(F)cc23)CC1. The van der Waals surface area contributed by atoms with Gasteiger partial charge in [0.1, 0.15) is 5.82 Å². The highest BCUT2D eigenvalue weighted by Gasteiger charge is 2.45. The highest BCUT2D eigenvalue weighted by Crippen LogP contribution is 2.46. The lowest BCUT2D eigenvalue weighted by atomic mass is 9.66. The number of carbonyl (C=O) groups excluding carboxylic acids is 1. The number of pyridine rings is 1. The number of aromatic nitrogens is 1. The first kappa shape index (κ1) is 18.7. The van der Waals surface area contributed by atoms with E-state index in [1.165, 1.54) is 12.1 Å². The fourth-order valence-electron chi connectivity index (χ4n) is 3.99. The minimum absolute atomic E-state index is 0.163. The number of carbonyl (C=O) groups is 1. The molecule has 1 unspecified atom stereocenters. The van der Waals surface area contributed by atoms with Crippen LogP contribution in [-0.4, -0.2) is 40.5 Å². The molecular formula is C20H24FNO4. The maximum Gasteiger partial charge on any atom is 0.335 e. The Morgan fingerprint density at radius 3 is 2.77 bits per heavy atom. The van der Waals surface area contributed by atoms with Crippen molar-refractivity contribution in [3.8, 4) is 0 Å². The van der Waals surface area contributed by atoms with Gasteiger partial charge in [0, 0.05) is 17.0 Å². The van der Waals surface area contributed by atoms with Gasteiger partial charge in [-0.3, -0.25) is 4.98 Å². The van der Waals surface area contributed by atoms with Gasteiger partial charge in [0.25, 0.3) is 0 Å². The van der Waals surface area contributed by atoms with Gasteiger partial charge in [-0.25, -0.2) is 9.18 Å². The molecule has 1 fully saturated rings. The van der Waals surface area contributed by atoms with Crippen molar-refractivity contribution in [1.82, 2.24) is 4.98 Å². The molecular weight excluding hydrogens is 337 g/mol. The highest BCUT2D eigenvalue weighted by molar-refractivity contribution is 5.82. The van der Waals surface area contributed by atoms with Gasteiger partial charge < -0.3 is 14.9 Å². The summed E-state index contributed by atoms with van der Waals surface area (Å²) in [6.45, 7) is 1.60. The van der Waals surface area contributed by atoms with E-state index in [-0.39, 0.29) is 24.9 Å². The summed E-state index contributed by atoms with van der Waals surface area (Å²) in [7, 11) is 0. The summed E-state index contributed by atoms with van der Waals surface area (Å²) in [4.78, 5) is 16.2. The van der Waals surface area contributed by atoms with Gasteiger partial charge >= 0.3 is 5.97 Å². The summed E-state index contributed by atoms with van der Waals surface area (Å²) in [6.07, 6.45) is 2.75. The first-order valence-electron chi connectivity index (χ1n) is 9.00. The molecule has 1 atom stereocenters. The molecule has 5 nitrogen and oxygen atoms in total. The topological polar surface area (TPSA) is 79.7 Å². The van der Waals surface area contributed by atoms with Crippen LogP contribution in [0.4, 0.5) is 4.39 Å². The standard InChI is InChI=1S/C20H24FNO4/c1-2-26-19(25)18(24)20(12-23)8-5-13(6-9-20)15-7-10-22-17-4-3-14(21)11-16(15)17/h3-4,7,10-11,13,18,23-24H,2,5-6,8-9,12H2,1H3. The molecule has 3 rings (SSSR count). The molecule has 1 heterocycles. The highest BCUT2D eigenvalue weighted by atomic mass is 19.1. The maximum atomic E-state index is 13.7. The quantitative estimate of drug-likeness (QED) is 0.801. The van der Waals surface area contributed by atoms with Crippen molar-refractivity contribution < 1.29 is 24.1 Å². The van der Waals surface area contributed by atoms with E-state index in [1.807, 2.05) is 6.07 Å². The number of benzene rings is 1. The number of hydrogen-bond acceptors (Lipinski definition) is 5. The number of rotatable bonds is 5. The second-order valence-corrected chi connectivity index (χ2v) is 7.01. The molecule has 1 aromatic heterocycles. The van der Waals surface area contributed by atoms with Gasteiger partial charge in [-0.1, -0.05) is 0 Å². The van der Waals surface area contributed by atoms with E-state index in [0.717, 1.165) is 16.5 Å². The Morgan fingerprint density at radius 2 is 2.12 bits per heavy atom. The van der Waals surface area contributed by atoms with Gasteiger partial charge in [-0.15, -0.1) is 0 Å². The Balaban J connectivity index is 1.82. The molecule has 1 aliphatic rings. The normalized spacial score (nSPS) is 24.4. The third kappa shape index (κ3) is 3.44. The summed E-state index contributed by atoms with van der Waals surface area (Å²) in [6, 6.07) is 6.46. The van der Waals surface area contributed by atoms with Crippen LogP contribution in [-0.2, 0) is 9.53 Å². The zero-order valence-electron chi connectivity index (χ0n) is 14.8. The van der Waals surface area contributed by atoms with Crippen molar-refractivity contribution >= 4 is 16.9 Å². The molecule has 2 N–H and O–H groups in total. The van der Waals surface area contributed by atoms with E-state index in [2.05, 4.69) is 4.98 Å². The third-order valence-corrected chi connectivity index (χ3v) is 5.56. The predicted octanol–water partition coefficient (Wildman–Crippen LogP) is 2.93. The van der Waals surface area contributed by atoms with Crippen LogP contribution in [0, 0.1) is 11.2 Å². The van der Waals surface area contributed by atoms with Gasteiger partial charge in [0.15, 0.2) is 6.10 Å². The summed E-state index contributed by atoms with van der Waals surface area (Å²) in [5, 5.41) is 21.1. The van der Waals surface area contributed by atoms with Crippen molar-refractivity contribution in [3.63, 3.8) is 0 Å². The largest absolute Gasteiger partial charge is 0.464 e. The molecule has 0 spiro atoms. The summed E-state index contributed by atoms with van der Waals surface area (Å²) in [5.41, 5.74) is 0.887. The molecule has 1 aromatic carbocycles. The van der Waals surface area contributed by atoms with Crippen LogP contribution >= 0.6 is 0 Å². The molecule has 1 aliphatic carbocycles. The Morgan fingerprint density at radius 1 is 1.38 bits per heavy atom. The van der Waals surface area contributed by atoms with Gasteiger partial charge in [0.05, 0.1) is 18.7 Å². The lowest BCUT2D eigenvalue weighted by Crippen LogP contribution is -2.46. The minimum atomic E-state index is -1.33. The van der Waals surface area contributed by atoms with Gasteiger partial charge in [0.2, 0.25) is 0 Å². The Bertz CT molecular complexity index is 786. The number of hydrogen-bond donors (Lipinski definition) is 2. The van der Waals surface area contributed by atoms with Gasteiger partial charge in [-0.2, -0.15) is 0 Å². The smallest absolute Gasteiger partial charge is 0.335 e. The minimum Gasteiger partial charge on any atom is -0.464 e. The van der Waals surface area contributed by atoms with E-state index in [4.69, 9.17) is 4.74 Å². The summed E-state index contributed by atoms with van der Waals surface area (Å²) >= 11 is 0. The van der Waals surface area contributed by atoms with Crippen molar-refractivity contribution in [1.29, 1.82) is 0 Å². The van der Waals surface area contributed by atoms with E-state index in [9.17, 15) is 19.4 Å². The number of halogens is 1. The van der Waals surface area contributed by atoms with Crippen LogP contribution in [0.15, 0.2) is 30.5 Å². The zero-order valence-corrected chi connectivity index (χ0v) is 14.8. The van der Waals surface area contributed by atoms with Crippen LogP contribution in [0.3, 0.4) is 0 Å². The van der Waals surface area contributed by atoms with E-state index < -0.39 is 17.5 Å². The molecule has 1 saturated carbocycles. The predicted molar refractivity (Wildman–Crippen MR) is 95.1 cm³/mol. The van der Waals surface area contributed by atoms with Crippen molar-refractivity contribution in [2.75, 3.05) is 13.2 Å². The summed E-state index contributed by atoms with van der Waals surface area (Å²) in [5.74, 6) is -0.821. The summed E-state index contributed by atoms with van der Waals surface area (Å²) < 4.78 is 18.6. The fraction of sp³-hybridized carbons (Fsp3) is 0.500. The average molecular weight is 361 g/mol. The molecule has 2 aromatic rings. The molecule has 6 heteroatoms. The number of fused-ring (bicyclic) bond motifs is 1. The number of aliphatic hydroxyl groups excluding tert-OH is 2. The number of aliphatic hydroxyl groups is 2. The second kappa shape index (κ2) is 7.68. The van der Waals surface area contributed by atoms with Crippen LogP contribution in [0.2, 0.25) is 0 Å². The average Bonchev–Trinajstić information content (AvgIpc) is 2.67. The lowest BCUT2D eigenvalue weighted by molar-refractivity contribution is -0.166. The van der Waals surface area contributed by atoms with E-state index >= 15 is 0 Å². The molecule has 0 radical (unpaired) electrons. The first-order chi connectivity index (χ1) is 12.5. The number of ether oxygens (including phenoxy) is 1. The van der Waals surface area contributed by atoms with E-state index in [0.29, 0.717) is 25.7 Å². The zero-order chi connectivity index (χ0) is 18.7. The van der Waals surface area contributed by atoms with Crippen LogP contribution in [0.5, 0.6) is 0 Å². The Labute approximate surface area is 151 Å². The Kier molecular flexibility index (Phi) is 5.53. The molecule has 26 heavy (non-hydrogen) atoms. The van der Waals surface area contributed by atoms with Crippen molar-refractivity contribution in [2.45, 2.75) is 44.6 Å². The van der Waals surface area contributed by atoms with Crippen LogP contribution < -0.4 is 0 Å². The molecule has 140 valence electrons. The van der Waals surface area contributed by atoms with E-state index in [1.54, 1.807) is 19.2 Å². The third-order valence-electron chi connectivity index (χ3n) is 5.56. The molecule has 0 aliphatic heterocycles. The number of nitrogens with zero attached hydrogens (tertiary/aromatic N) is 1. The Hall–Kier alpha value is -2.05. The molecule has 0 saturated heterocycles. The van der Waals surface area contributed by atoms with Gasteiger partial charge in [-0.05, 0) is 68.4 Å². The van der Waals surface area contributed by atoms with Crippen molar-refractivity contribution in [2.24, 2.45) is 5.41 Å². The lowest BCUT2D eigenvalue weighted by Gasteiger charge is -2.41. The monoisotopic (exact) mass is 361 g/mol. The second-order valence-electron chi connectivity index (χ2n) is 7.01. The number of esters is 1. The van der Waals surface area contributed by atoms with Crippen LogP contribution in [0.1, 0.15) is 44.1 Å². The van der Waals surface area contributed by atoms with Crippen molar-refractivity contribution in [3.05, 3.63) is 41.8 Å². The maximum absolute atomic E-state index is 13.7. The molecule has 0 amide bonds. The first-order valence-corrected chi connectivity index (χ1v) is 9.00. The fourth-order valence-corrected chi connectivity index (χ4v) is 3.99.